The van der Waals surface area contributed by atoms with Gasteiger partial charge in [0.2, 0.25) is 11.8 Å². The Morgan fingerprint density at radius 1 is 1.15 bits per heavy atom. The maximum absolute atomic E-state index is 14.3. The highest BCUT2D eigenvalue weighted by Crippen LogP contribution is 2.39. The van der Waals surface area contributed by atoms with E-state index < -0.39 is 24.2 Å². The van der Waals surface area contributed by atoms with Crippen LogP contribution in [0.2, 0.25) is 0 Å². The van der Waals surface area contributed by atoms with E-state index in [0.29, 0.717) is 17.3 Å². The summed E-state index contributed by atoms with van der Waals surface area (Å²) >= 11 is 0. The molecule has 9 heteroatoms. The Bertz CT molecular complexity index is 1100. The quantitative estimate of drug-likeness (QED) is 0.578. The zero-order valence-electron chi connectivity index (χ0n) is 18.0. The van der Waals surface area contributed by atoms with Crippen molar-refractivity contribution in [2.75, 3.05) is 6.54 Å². The molecule has 5 rings (SSSR count). The monoisotopic (exact) mass is 448 g/mol. The molecule has 2 aliphatic rings. The number of benzene rings is 1. The van der Waals surface area contributed by atoms with Crippen molar-refractivity contribution in [2.45, 2.75) is 49.9 Å². The number of hydrogen-bond acceptors (Lipinski definition) is 5. The lowest BCUT2D eigenvalue weighted by molar-refractivity contribution is -0.138. The molecule has 1 saturated heterocycles. The second-order valence-corrected chi connectivity index (χ2v) is 8.68. The number of carbonyl (C=O) groups is 2. The van der Waals surface area contributed by atoms with Crippen molar-refractivity contribution in [3.05, 3.63) is 77.4 Å². The highest BCUT2D eigenvalue weighted by molar-refractivity contribution is 5.89. The zero-order valence-corrected chi connectivity index (χ0v) is 18.0. The predicted molar refractivity (Wildman–Crippen MR) is 118 cm³/mol. The number of H-pyrrole nitrogens is 1. The third kappa shape index (κ3) is 4.76. The lowest BCUT2D eigenvalue weighted by Gasteiger charge is -2.26. The van der Waals surface area contributed by atoms with Gasteiger partial charge in [0.25, 0.3) is 0 Å². The number of pyridine rings is 1. The Hall–Kier alpha value is -3.62. The van der Waals surface area contributed by atoms with Crippen molar-refractivity contribution in [1.29, 1.82) is 0 Å². The number of aromatic nitrogens is 4. The minimum absolute atomic E-state index is 0.0358. The summed E-state index contributed by atoms with van der Waals surface area (Å²) in [7, 11) is 0. The number of halogens is 1. The first-order chi connectivity index (χ1) is 16.1. The highest BCUT2D eigenvalue weighted by Gasteiger charge is 2.40. The average molecular weight is 449 g/mol. The van der Waals surface area contributed by atoms with Gasteiger partial charge in [-0.25, -0.2) is 4.39 Å². The van der Waals surface area contributed by atoms with Crippen LogP contribution in [0.3, 0.4) is 0 Å². The van der Waals surface area contributed by atoms with Crippen molar-refractivity contribution >= 4 is 11.8 Å². The first-order valence-electron chi connectivity index (χ1n) is 11.2. The van der Waals surface area contributed by atoms with Crippen LogP contribution >= 0.6 is 0 Å². The topological polar surface area (TPSA) is 104 Å². The second kappa shape index (κ2) is 9.09. The highest BCUT2D eigenvalue weighted by atomic mass is 19.1. The number of amides is 2. The van der Waals surface area contributed by atoms with Gasteiger partial charge in [-0.05, 0) is 36.0 Å². The van der Waals surface area contributed by atoms with Crippen LogP contribution in [0.4, 0.5) is 4.39 Å². The van der Waals surface area contributed by atoms with Gasteiger partial charge in [-0.2, -0.15) is 15.4 Å². The lowest BCUT2D eigenvalue weighted by Crippen LogP contribution is -2.47. The molecule has 3 heterocycles. The summed E-state index contributed by atoms with van der Waals surface area (Å²) in [6, 6.07) is 12.1. The van der Waals surface area contributed by atoms with Crippen LogP contribution in [0, 0.1) is 0 Å². The Balaban J connectivity index is 1.36. The van der Waals surface area contributed by atoms with E-state index in [-0.39, 0.29) is 25.3 Å². The van der Waals surface area contributed by atoms with E-state index in [1.165, 1.54) is 29.5 Å². The van der Waals surface area contributed by atoms with E-state index in [1.807, 2.05) is 42.6 Å². The molecule has 3 unspecified atom stereocenters. The molecule has 2 aromatic heterocycles. The summed E-state index contributed by atoms with van der Waals surface area (Å²) in [5.74, 6) is -0.168. The van der Waals surface area contributed by atoms with Crippen LogP contribution in [0.25, 0.3) is 0 Å². The molecule has 0 bridgehead atoms. The molecular formula is C24H25FN6O2. The van der Waals surface area contributed by atoms with E-state index in [9.17, 15) is 14.0 Å². The first-order valence-corrected chi connectivity index (χ1v) is 11.2. The molecule has 0 radical (unpaired) electrons. The number of aromatic amines is 1. The lowest BCUT2D eigenvalue weighted by atomic mass is 10.0. The Labute approximate surface area is 190 Å². The van der Waals surface area contributed by atoms with E-state index in [0.717, 1.165) is 5.56 Å². The third-order valence-electron chi connectivity index (χ3n) is 6.24. The molecule has 0 spiro atoms. The van der Waals surface area contributed by atoms with Gasteiger partial charge in [-0.15, -0.1) is 0 Å². The Morgan fingerprint density at radius 3 is 2.64 bits per heavy atom. The number of nitrogens with one attached hydrogen (secondary N) is 2. The van der Waals surface area contributed by atoms with Gasteiger partial charge in [0.15, 0.2) is 0 Å². The van der Waals surface area contributed by atoms with Crippen LogP contribution in [0.1, 0.15) is 53.7 Å². The summed E-state index contributed by atoms with van der Waals surface area (Å²) in [5, 5.41) is 13.1. The summed E-state index contributed by atoms with van der Waals surface area (Å²) in [5.41, 5.74) is 3.23. The fourth-order valence-electron chi connectivity index (χ4n) is 4.33. The van der Waals surface area contributed by atoms with Crippen molar-refractivity contribution < 1.29 is 14.0 Å². The molecule has 3 atom stereocenters. The van der Waals surface area contributed by atoms with Gasteiger partial charge in [0.1, 0.15) is 12.2 Å². The van der Waals surface area contributed by atoms with Crippen LogP contribution in [0.5, 0.6) is 0 Å². The van der Waals surface area contributed by atoms with Crippen LogP contribution < -0.4 is 5.32 Å². The molecule has 8 nitrogen and oxygen atoms in total. The molecule has 3 aromatic rings. The normalized spacial score (nSPS) is 21.1. The largest absolute Gasteiger partial charge is 0.342 e. The molecule has 1 aliphatic heterocycles. The van der Waals surface area contributed by atoms with E-state index in [4.69, 9.17) is 0 Å². The summed E-state index contributed by atoms with van der Waals surface area (Å²) < 4.78 is 14.3. The molecular weight excluding hydrogens is 423 g/mol. The second-order valence-electron chi connectivity index (χ2n) is 8.68. The number of carbonyl (C=O) groups excluding carboxylic acids is 2. The van der Waals surface area contributed by atoms with Gasteiger partial charge < -0.3 is 10.2 Å². The average Bonchev–Trinajstić information content (AvgIpc) is 3.42. The number of alkyl halides is 1. The van der Waals surface area contributed by atoms with E-state index in [1.54, 1.807) is 0 Å². The predicted octanol–water partition coefficient (Wildman–Crippen LogP) is 2.46. The van der Waals surface area contributed by atoms with Crippen LogP contribution in [0.15, 0.2) is 54.9 Å². The standard InChI is InChI=1S/C24H25FN6O2/c25-18-10-21(31(14-18)22(32)11-19-13-27-30-29-19)24(33)28-23(16-4-2-1-3-5-16)20-9-8-17(12-26-20)15-6-7-15/h1-5,8-9,12-13,15,18,21,23H,6-7,10-11,14H2,(H,28,33)(H,27,29,30). The van der Waals surface area contributed by atoms with Crippen LogP contribution in [-0.2, 0) is 16.0 Å². The Morgan fingerprint density at radius 2 is 1.97 bits per heavy atom. The molecule has 33 heavy (non-hydrogen) atoms. The molecule has 170 valence electrons. The van der Waals surface area contributed by atoms with Crippen molar-refractivity contribution in [3.63, 3.8) is 0 Å². The van der Waals surface area contributed by atoms with Gasteiger partial charge in [-0.3, -0.25) is 14.6 Å². The number of nitrogens with zero attached hydrogens (tertiary/aromatic N) is 4. The summed E-state index contributed by atoms with van der Waals surface area (Å²) in [6.45, 7) is -0.112. The van der Waals surface area contributed by atoms with E-state index in [2.05, 4.69) is 31.8 Å². The summed E-state index contributed by atoms with van der Waals surface area (Å²) in [6.07, 6.45) is 4.35. The van der Waals surface area contributed by atoms with Crippen molar-refractivity contribution in [1.82, 2.24) is 30.6 Å². The van der Waals surface area contributed by atoms with Crippen molar-refractivity contribution in [3.8, 4) is 0 Å². The van der Waals surface area contributed by atoms with Gasteiger partial charge in [-0.1, -0.05) is 36.4 Å². The molecule has 1 aromatic carbocycles. The minimum atomic E-state index is -1.26. The third-order valence-corrected chi connectivity index (χ3v) is 6.24. The van der Waals surface area contributed by atoms with Crippen molar-refractivity contribution in [2.24, 2.45) is 0 Å². The Kier molecular flexibility index (Phi) is 5.85. The molecule has 2 fully saturated rings. The van der Waals surface area contributed by atoms with Crippen LogP contribution in [-0.4, -0.2) is 55.9 Å². The minimum Gasteiger partial charge on any atom is -0.342 e. The maximum atomic E-state index is 14.3. The maximum Gasteiger partial charge on any atom is 0.243 e. The molecule has 1 aliphatic carbocycles. The van der Waals surface area contributed by atoms with Gasteiger partial charge in [0.05, 0.1) is 36.6 Å². The molecule has 2 amide bonds. The summed E-state index contributed by atoms with van der Waals surface area (Å²) in [4.78, 5) is 32.0. The molecule has 1 saturated carbocycles. The number of likely N-dealkylation sites (tertiary alicyclic amines) is 1. The molecule has 2 N–H and O–H groups in total. The van der Waals surface area contributed by atoms with E-state index >= 15 is 0 Å². The zero-order chi connectivity index (χ0) is 22.8. The first kappa shape index (κ1) is 21.2. The number of hydrogen-bond donors (Lipinski definition) is 2. The number of rotatable bonds is 7. The fourth-order valence-corrected chi connectivity index (χ4v) is 4.33. The smallest absolute Gasteiger partial charge is 0.243 e. The SMILES string of the molecule is O=C(NC(c1ccccc1)c1ccc(C2CC2)cn1)C1CC(F)CN1C(=O)Cc1cn[nH]n1. The van der Waals surface area contributed by atoms with Gasteiger partial charge >= 0.3 is 0 Å². The van der Waals surface area contributed by atoms with Gasteiger partial charge in [0, 0.05) is 12.6 Å². The fraction of sp³-hybridized carbons (Fsp3) is 0.375.